The molecule has 0 aromatic heterocycles. The third-order valence-corrected chi connectivity index (χ3v) is 5.55. The van der Waals surface area contributed by atoms with Crippen molar-refractivity contribution in [1.29, 1.82) is 0 Å². The SMILES string of the molecule is COc1ccc(C(=O)Nc2ccc(C)c(F)c2)cc1N1CCSCC(O)C1. The van der Waals surface area contributed by atoms with Crippen molar-refractivity contribution in [3.05, 3.63) is 53.3 Å². The summed E-state index contributed by atoms with van der Waals surface area (Å²) < 4.78 is 19.2. The molecule has 2 N–H and O–H groups in total. The van der Waals surface area contributed by atoms with E-state index in [-0.39, 0.29) is 11.7 Å². The molecule has 7 heteroatoms. The highest BCUT2D eigenvalue weighted by molar-refractivity contribution is 7.99. The van der Waals surface area contributed by atoms with Crippen molar-refractivity contribution in [2.45, 2.75) is 13.0 Å². The lowest BCUT2D eigenvalue weighted by Crippen LogP contribution is -2.33. The highest BCUT2D eigenvalue weighted by atomic mass is 32.2. The summed E-state index contributed by atoms with van der Waals surface area (Å²) in [5.41, 5.74) is 2.14. The van der Waals surface area contributed by atoms with E-state index in [1.165, 1.54) is 6.07 Å². The fourth-order valence-electron chi connectivity index (χ4n) is 2.96. The first-order chi connectivity index (χ1) is 13.0. The first-order valence-electron chi connectivity index (χ1n) is 8.74. The van der Waals surface area contributed by atoms with Gasteiger partial charge in [-0.15, -0.1) is 0 Å². The molecule has 1 saturated heterocycles. The number of benzene rings is 2. The Kier molecular flexibility index (Phi) is 6.23. The number of nitrogens with zero attached hydrogens (tertiary/aromatic N) is 1. The van der Waals surface area contributed by atoms with E-state index in [9.17, 15) is 14.3 Å². The lowest BCUT2D eigenvalue weighted by Gasteiger charge is -2.26. The third-order valence-electron chi connectivity index (χ3n) is 4.46. The molecule has 1 fully saturated rings. The summed E-state index contributed by atoms with van der Waals surface area (Å²) in [6.07, 6.45) is -0.435. The lowest BCUT2D eigenvalue weighted by atomic mass is 10.1. The zero-order chi connectivity index (χ0) is 19.4. The van der Waals surface area contributed by atoms with Crippen LogP contribution in [0.1, 0.15) is 15.9 Å². The zero-order valence-corrected chi connectivity index (χ0v) is 16.2. The molecule has 5 nitrogen and oxygen atoms in total. The van der Waals surface area contributed by atoms with Gasteiger partial charge in [0.25, 0.3) is 5.91 Å². The van der Waals surface area contributed by atoms with E-state index in [0.29, 0.717) is 34.9 Å². The largest absolute Gasteiger partial charge is 0.495 e. The second kappa shape index (κ2) is 8.63. The Morgan fingerprint density at radius 1 is 1.33 bits per heavy atom. The minimum atomic E-state index is -0.435. The Hall–Kier alpha value is -2.25. The van der Waals surface area contributed by atoms with Gasteiger partial charge in [-0.05, 0) is 42.8 Å². The molecule has 2 aromatic rings. The van der Waals surface area contributed by atoms with Gasteiger partial charge in [0, 0.05) is 35.8 Å². The molecular formula is C20H23FN2O3S. The van der Waals surface area contributed by atoms with E-state index in [2.05, 4.69) is 5.32 Å². The molecular weight excluding hydrogens is 367 g/mol. The third kappa shape index (κ3) is 4.73. The molecule has 1 amide bonds. The van der Waals surface area contributed by atoms with Gasteiger partial charge < -0.3 is 20.1 Å². The van der Waals surface area contributed by atoms with E-state index < -0.39 is 6.10 Å². The fourth-order valence-corrected chi connectivity index (χ4v) is 3.86. The highest BCUT2D eigenvalue weighted by Crippen LogP contribution is 2.31. The predicted molar refractivity (Wildman–Crippen MR) is 108 cm³/mol. The van der Waals surface area contributed by atoms with Gasteiger partial charge in [0.15, 0.2) is 0 Å². The second-order valence-electron chi connectivity index (χ2n) is 6.48. The van der Waals surface area contributed by atoms with E-state index in [1.54, 1.807) is 56.1 Å². The van der Waals surface area contributed by atoms with Gasteiger partial charge in [-0.3, -0.25) is 4.79 Å². The van der Waals surface area contributed by atoms with Gasteiger partial charge in [0.2, 0.25) is 0 Å². The molecule has 0 radical (unpaired) electrons. The molecule has 3 rings (SSSR count). The van der Waals surface area contributed by atoms with Crippen LogP contribution in [0.5, 0.6) is 5.75 Å². The molecule has 0 saturated carbocycles. The van der Waals surface area contributed by atoms with Gasteiger partial charge in [-0.2, -0.15) is 11.8 Å². The monoisotopic (exact) mass is 390 g/mol. The number of methoxy groups -OCH3 is 1. The molecule has 0 aliphatic carbocycles. The molecule has 1 aliphatic rings. The van der Waals surface area contributed by atoms with Crippen LogP contribution in [0.4, 0.5) is 15.8 Å². The van der Waals surface area contributed by atoms with Gasteiger partial charge in [0.05, 0.1) is 18.9 Å². The van der Waals surface area contributed by atoms with Crippen molar-refractivity contribution in [1.82, 2.24) is 0 Å². The summed E-state index contributed by atoms with van der Waals surface area (Å²) in [7, 11) is 1.58. The number of amides is 1. The molecule has 1 aliphatic heterocycles. The molecule has 1 unspecified atom stereocenters. The average molecular weight is 390 g/mol. The standard InChI is InChI=1S/C20H23FN2O3S/c1-13-3-5-15(10-17(13)21)22-20(25)14-4-6-19(26-2)18(9-14)23-7-8-27-12-16(24)11-23/h3-6,9-10,16,24H,7-8,11-12H2,1-2H3,(H,22,25). The van der Waals surface area contributed by atoms with Crippen LogP contribution in [0.25, 0.3) is 0 Å². The van der Waals surface area contributed by atoms with Crippen LogP contribution in [-0.2, 0) is 0 Å². The molecule has 0 spiro atoms. The normalized spacial score (nSPS) is 17.3. The molecule has 2 aromatic carbocycles. The van der Waals surface area contributed by atoms with Crippen LogP contribution in [0.2, 0.25) is 0 Å². The number of thioether (sulfide) groups is 1. The van der Waals surface area contributed by atoms with Crippen LogP contribution in [0.15, 0.2) is 36.4 Å². The van der Waals surface area contributed by atoms with E-state index in [4.69, 9.17) is 4.74 Å². The molecule has 27 heavy (non-hydrogen) atoms. The number of β-amino-alcohol motifs (C(OH)–C–C–N with tert-alkyl or cyclic N) is 1. The van der Waals surface area contributed by atoms with Crippen molar-refractivity contribution < 1.29 is 19.0 Å². The van der Waals surface area contributed by atoms with Gasteiger partial charge >= 0.3 is 0 Å². The minimum absolute atomic E-state index is 0.327. The number of aliphatic hydroxyl groups excluding tert-OH is 1. The van der Waals surface area contributed by atoms with Crippen molar-refractivity contribution in [3.63, 3.8) is 0 Å². The number of hydrogen-bond donors (Lipinski definition) is 2. The summed E-state index contributed by atoms with van der Waals surface area (Å²) in [5, 5.41) is 12.8. The number of carbonyl (C=O) groups excluding carboxylic acids is 1. The smallest absolute Gasteiger partial charge is 0.255 e. The number of halogens is 1. The quantitative estimate of drug-likeness (QED) is 0.839. The Morgan fingerprint density at radius 3 is 2.89 bits per heavy atom. The fraction of sp³-hybridized carbons (Fsp3) is 0.350. The van der Waals surface area contributed by atoms with E-state index in [1.807, 2.05) is 4.90 Å². The first-order valence-corrected chi connectivity index (χ1v) is 9.89. The Balaban J connectivity index is 1.85. The highest BCUT2D eigenvalue weighted by Gasteiger charge is 2.21. The van der Waals surface area contributed by atoms with Gasteiger partial charge in [-0.1, -0.05) is 6.07 Å². The van der Waals surface area contributed by atoms with Gasteiger partial charge in [0.1, 0.15) is 11.6 Å². The number of carbonyl (C=O) groups is 1. The number of nitrogens with one attached hydrogen (secondary N) is 1. The maximum absolute atomic E-state index is 13.7. The maximum atomic E-state index is 13.7. The first kappa shape index (κ1) is 19.5. The van der Waals surface area contributed by atoms with Crippen molar-refractivity contribution >= 4 is 29.0 Å². The van der Waals surface area contributed by atoms with Crippen molar-refractivity contribution in [3.8, 4) is 5.75 Å². The van der Waals surface area contributed by atoms with Crippen molar-refractivity contribution in [2.75, 3.05) is 41.9 Å². The Bertz CT molecular complexity index is 831. The number of aliphatic hydroxyl groups is 1. The zero-order valence-electron chi connectivity index (χ0n) is 15.4. The van der Waals surface area contributed by atoms with E-state index >= 15 is 0 Å². The Labute approximate surface area is 162 Å². The minimum Gasteiger partial charge on any atom is -0.495 e. The van der Waals surface area contributed by atoms with Crippen LogP contribution < -0.4 is 15.0 Å². The number of ether oxygens (including phenoxy) is 1. The summed E-state index contributed by atoms with van der Waals surface area (Å²) in [5.74, 6) is 1.54. The molecule has 1 atom stereocenters. The molecule has 0 bridgehead atoms. The van der Waals surface area contributed by atoms with Crippen molar-refractivity contribution in [2.24, 2.45) is 0 Å². The van der Waals surface area contributed by atoms with Crippen LogP contribution >= 0.6 is 11.8 Å². The predicted octanol–water partition coefficient (Wildman–Crippen LogP) is 3.31. The number of rotatable bonds is 4. The van der Waals surface area contributed by atoms with E-state index in [0.717, 1.165) is 18.0 Å². The summed E-state index contributed by atoms with van der Waals surface area (Å²) in [4.78, 5) is 14.7. The Morgan fingerprint density at radius 2 is 2.15 bits per heavy atom. The summed E-state index contributed by atoms with van der Waals surface area (Å²) >= 11 is 1.70. The summed E-state index contributed by atoms with van der Waals surface area (Å²) in [6, 6.07) is 9.76. The maximum Gasteiger partial charge on any atom is 0.255 e. The molecule has 1 heterocycles. The van der Waals surface area contributed by atoms with Gasteiger partial charge in [-0.25, -0.2) is 4.39 Å². The summed E-state index contributed by atoms with van der Waals surface area (Å²) in [6.45, 7) is 2.91. The lowest BCUT2D eigenvalue weighted by molar-refractivity contribution is 0.102. The number of anilines is 2. The number of aryl methyl sites for hydroxylation is 1. The van der Waals surface area contributed by atoms with Crippen LogP contribution in [0, 0.1) is 12.7 Å². The average Bonchev–Trinajstić information content (AvgIpc) is 2.88. The molecule has 144 valence electrons. The second-order valence-corrected chi connectivity index (χ2v) is 7.63. The number of hydrogen-bond acceptors (Lipinski definition) is 5. The van der Waals surface area contributed by atoms with Crippen LogP contribution in [0.3, 0.4) is 0 Å². The topological polar surface area (TPSA) is 61.8 Å². The van der Waals surface area contributed by atoms with Crippen LogP contribution in [-0.4, -0.2) is 48.8 Å².